The van der Waals surface area contributed by atoms with E-state index in [1.807, 2.05) is 30.5 Å². The SMILES string of the molecule is O=C(Cc1c[nH]c2ccccc12)N1CCC(N2C(=O)COC2=O)C1. The molecule has 2 saturated heterocycles. The Bertz CT molecular complexity index is 812. The average molecular weight is 327 g/mol. The van der Waals surface area contributed by atoms with E-state index < -0.39 is 6.09 Å². The largest absolute Gasteiger partial charge is 0.439 e. The van der Waals surface area contributed by atoms with Gasteiger partial charge in [0.25, 0.3) is 5.91 Å². The molecule has 24 heavy (non-hydrogen) atoms. The zero-order valence-electron chi connectivity index (χ0n) is 13.0. The maximum Gasteiger partial charge on any atom is 0.417 e. The van der Waals surface area contributed by atoms with Crippen molar-refractivity contribution in [2.75, 3.05) is 19.7 Å². The number of ether oxygens (including phenoxy) is 1. The summed E-state index contributed by atoms with van der Waals surface area (Å²) in [5.74, 6) is -0.321. The third-order valence-electron chi connectivity index (χ3n) is 4.68. The number of aromatic amines is 1. The molecule has 0 aliphatic carbocycles. The Labute approximate surface area is 138 Å². The van der Waals surface area contributed by atoms with Gasteiger partial charge in [-0.1, -0.05) is 18.2 Å². The van der Waals surface area contributed by atoms with Crippen molar-refractivity contribution >= 4 is 28.8 Å². The third kappa shape index (κ3) is 2.42. The fourth-order valence-electron chi connectivity index (χ4n) is 3.45. The first-order chi connectivity index (χ1) is 11.6. The van der Waals surface area contributed by atoms with E-state index in [4.69, 9.17) is 4.74 Å². The molecule has 1 atom stereocenters. The van der Waals surface area contributed by atoms with Crippen LogP contribution >= 0.6 is 0 Å². The number of likely N-dealkylation sites (tertiary alicyclic amines) is 1. The number of nitrogens with zero attached hydrogens (tertiary/aromatic N) is 2. The molecule has 4 rings (SSSR count). The normalized spacial score (nSPS) is 20.9. The van der Waals surface area contributed by atoms with Gasteiger partial charge in [-0.25, -0.2) is 9.69 Å². The number of H-pyrrole nitrogens is 1. The minimum atomic E-state index is -0.601. The van der Waals surface area contributed by atoms with Crippen molar-refractivity contribution in [2.24, 2.45) is 0 Å². The van der Waals surface area contributed by atoms with Gasteiger partial charge in [-0.3, -0.25) is 9.59 Å². The molecule has 7 nitrogen and oxygen atoms in total. The Hall–Kier alpha value is -2.83. The van der Waals surface area contributed by atoms with Crippen LogP contribution in [0.1, 0.15) is 12.0 Å². The number of hydrogen-bond donors (Lipinski definition) is 1. The average Bonchev–Trinajstić information content (AvgIpc) is 3.28. The van der Waals surface area contributed by atoms with Crippen LogP contribution in [-0.2, 0) is 20.7 Å². The number of nitrogens with one attached hydrogen (secondary N) is 1. The van der Waals surface area contributed by atoms with Crippen LogP contribution in [0.2, 0.25) is 0 Å². The highest BCUT2D eigenvalue weighted by atomic mass is 16.6. The smallest absolute Gasteiger partial charge is 0.417 e. The van der Waals surface area contributed by atoms with Crippen LogP contribution in [0.15, 0.2) is 30.5 Å². The van der Waals surface area contributed by atoms with Crippen LogP contribution < -0.4 is 0 Å². The number of amides is 3. The van der Waals surface area contributed by atoms with Gasteiger partial charge in [-0.2, -0.15) is 0 Å². The van der Waals surface area contributed by atoms with E-state index in [0.29, 0.717) is 25.9 Å². The highest BCUT2D eigenvalue weighted by Crippen LogP contribution is 2.23. The van der Waals surface area contributed by atoms with E-state index in [1.165, 1.54) is 0 Å². The van der Waals surface area contributed by atoms with Gasteiger partial charge < -0.3 is 14.6 Å². The van der Waals surface area contributed by atoms with Gasteiger partial charge in [0.15, 0.2) is 6.61 Å². The lowest BCUT2D eigenvalue weighted by molar-refractivity contribution is -0.131. The lowest BCUT2D eigenvalue weighted by Gasteiger charge is -2.20. The number of rotatable bonds is 3. The second-order valence-corrected chi connectivity index (χ2v) is 6.14. The maximum absolute atomic E-state index is 12.6. The summed E-state index contributed by atoms with van der Waals surface area (Å²) in [5, 5.41) is 1.04. The Morgan fingerprint density at radius 1 is 1.29 bits per heavy atom. The molecule has 2 aromatic rings. The number of hydrogen-bond acceptors (Lipinski definition) is 4. The van der Waals surface area contributed by atoms with Crippen molar-refractivity contribution in [2.45, 2.75) is 18.9 Å². The third-order valence-corrected chi connectivity index (χ3v) is 4.68. The summed E-state index contributed by atoms with van der Waals surface area (Å²) in [6, 6.07) is 7.57. The summed E-state index contributed by atoms with van der Waals surface area (Å²) in [4.78, 5) is 42.0. The van der Waals surface area contributed by atoms with Crippen LogP contribution in [0.3, 0.4) is 0 Å². The highest BCUT2D eigenvalue weighted by molar-refractivity contribution is 5.98. The molecule has 2 aliphatic heterocycles. The van der Waals surface area contributed by atoms with Crippen molar-refractivity contribution in [3.8, 4) is 0 Å². The highest BCUT2D eigenvalue weighted by Gasteiger charge is 2.41. The molecule has 1 aromatic heterocycles. The van der Waals surface area contributed by atoms with E-state index in [0.717, 1.165) is 21.4 Å². The monoisotopic (exact) mass is 327 g/mol. The number of para-hydroxylation sites is 1. The van der Waals surface area contributed by atoms with Gasteiger partial charge in [0.05, 0.1) is 12.5 Å². The summed E-state index contributed by atoms with van der Waals surface area (Å²) in [5.41, 5.74) is 1.96. The van der Waals surface area contributed by atoms with Gasteiger partial charge in [0.1, 0.15) is 0 Å². The molecular weight excluding hydrogens is 310 g/mol. The summed E-state index contributed by atoms with van der Waals surface area (Å²) in [7, 11) is 0. The molecular formula is C17H17N3O4. The molecule has 3 heterocycles. The lowest BCUT2D eigenvalue weighted by Crippen LogP contribution is -2.42. The van der Waals surface area contributed by atoms with Crippen LogP contribution in [0.4, 0.5) is 4.79 Å². The molecule has 0 bridgehead atoms. The molecule has 1 unspecified atom stereocenters. The predicted molar refractivity (Wildman–Crippen MR) is 85.2 cm³/mol. The van der Waals surface area contributed by atoms with Gasteiger partial charge in [0, 0.05) is 30.2 Å². The number of fused-ring (bicyclic) bond motifs is 1. The lowest BCUT2D eigenvalue weighted by atomic mass is 10.1. The van der Waals surface area contributed by atoms with Crippen molar-refractivity contribution in [3.05, 3.63) is 36.0 Å². The fourth-order valence-corrected chi connectivity index (χ4v) is 3.45. The van der Waals surface area contributed by atoms with E-state index in [2.05, 4.69) is 4.98 Å². The van der Waals surface area contributed by atoms with Crippen molar-refractivity contribution < 1.29 is 19.1 Å². The maximum atomic E-state index is 12.6. The number of carbonyl (C=O) groups excluding carboxylic acids is 3. The topological polar surface area (TPSA) is 82.7 Å². The second-order valence-electron chi connectivity index (χ2n) is 6.14. The van der Waals surface area contributed by atoms with Gasteiger partial charge in [0.2, 0.25) is 5.91 Å². The van der Waals surface area contributed by atoms with Crippen LogP contribution in [-0.4, -0.2) is 58.4 Å². The van der Waals surface area contributed by atoms with Crippen LogP contribution in [0, 0.1) is 0 Å². The first-order valence-electron chi connectivity index (χ1n) is 7.95. The van der Waals surface area contributed by atoms with Gasteiger partial charge >= 0.3 is 6.09 Å². The van der Waals surface area contributed by atoms with Crippen LogP contribution in [0.25, 0.3) is 10.9 Å². The Morgan fingerprint density at radius 3 is 2.92 bits per heavy atom. The second kappa shape index (κ2) is 5.67. The van der Waals surface area contributed by atoms with E-state index in [-0.39, 0.29) is 24.5 Å². The summed E-state index contributed by atoms with van der Waals surface area (Å²) >= 11 is 0. The number of benzene rings is 1. The van der Waals surface area contributed by atoms with E-state index in [1.54, 1.807) is 4.90 Å². The summed E-state index contributed by atoms with van der Waals surface area (Å²) in [6.45, 7) is 0.726. The molecule has 0 saturated carbocycles. The quantitative estimate of drug-likeness (QED) is 0.921. The summed E-state index contributed by atoms with van der Waals surface area (Å²) < 4.78 is 4.75. The Balaban J connectivity index is 1.44. The van der Waals surface area contributed by atoms with Crippen molar-refractivity contribution in [1.29, 1.82) is 0 Å². The van der Waals surface area contributed by atoms with Crippen LogP contribution in [0.5, 0.6) is 0 Å². The van der Waals surface area contributed by atoms with E-state index >= 15 is 0 Å². The number of cyclic esters (lactones) is 1. The van der Waals surface area contributed by atoms with E-state index in [9.17, 15) is 14.4 Å². The zero-order valence-corrected chi connectivity index (χ0v) is 13.0. The molecule has 0 spiro atoms. The molecule has 7 heteroatoms. The van der Waals surface area contributed by atoms with Crippen molar-refractivity contribution in [3.63, 3.8) is 0 Å². The molecule has 3 amide bonds. The first kappa shape index (κ1) is 14.7. The Morgan fingerprint density at radius 2 is 2.12 bits per heavy atom. The number of imide groups is 1. The van der Waals surface area contributed by atoms with Gasteiger partial charge in [-0.05, 0) is 18.1 Å². The molecule has 0 radical (unpaired) electrons. The molecule has 2 fully saturated rings. The number of aromatic nitrogens is 1. The molecule has 124 valence electrons. The minimum Gasteiger partial charge on any atom is -0.439 e. The zero-order chi connectivity index (χ0) is 16.7. The predicted octanol–water partition coefficient (Wildman–Crippen LogP) is 1.29. The van der Waals surface area contributed by atoms with Crippen molar-refractivity contribution in [1.82, 2.24) is 14.8 Å². The minimum absolute atomic E-state index is 0.00210. The molecule has 1 aromatic carbocycles. The number of carbonyl (C=O) groups is 3. The standard InChI is InChI=1S/C17H17N3O4/c21-15(7-11-8-18-14-4-2-1-3-13(11)14)19-6-5-12(9-19)20-16(22)10-24-17(20)23/h1-4,8,12,18H,5-7,9-10H2. The first-order valence-corrected chi connectivity index (χ1v) is 7.95. The molecule has 2 aliphatic rings. The fraction of sp³-hybridized carbons (Fsp3) is 0.353. The Kier molecular flexibility index (Phi) is 3.48. The van der Waals surface area contributed by atoms with Gasteiger partial charge in [-0.15, -0.1) is 0 Å². The summed E-state index contributed by atoms with van der Waals surface area (Å²) in [6.07, 6.45) is 2.16. The molecule has 1 N–H and O–H groups in total.